The summed E-state index contributed by atoms with van der Waals surface area (Å²) in [6.45, 7) is 1.81. The number of hydrogen-bond donors (Lipinski definition) is 1. The molecule has 3 rings (SSSR count). The van der Waals surface area contributed by atoms with Crippen LogP contribution in [0.5, 0.6) is 0 Å². The molecular formula is C16H13NO5S. The van der Waals surface area contributed by atoms with Crippen LogP contribution in [-0.2, 0) is 11.2 Å². The van der Waals surface area contributed by atoms with E-state index >= 15 is 0 Å². The zero-order chi connectivity index (χ0) is 16.7. The van der Waals surface area contributed by atoms with Crippen molar-refractivity contribution in [3.05, 3.63) is 60.8 Å². The average Bonchev–Trinajstić information content (AvgIpc) is 3.04. The number of thiophene rings is 1. The molecule has 0 saturated carbocycles. The minimum atomic E-state index is -0.862. The van der Waals surface area contributed by atoms with Gasteiger partial charge in [0.15, 0.2) is 5.78 Å². The number of aliphatic carboxylic acids is 1. The summed E-state index contributed by atoms with van der Waals surface area (Å²) in [5.41, 5.74) is 1.68. The first kappa shape index (κ1) is 15.4. The summed E-state index contributed by atoms with van der Waals surface area (Å²) in [4.78, 5) is 35.7. The summed E-state index contributed by atoms with van der Waals surface area (Å²) < 4.78 is 0. The maximum absolute atomic E-state index is 12.7. The van der Waals surface area contributed by atoms with Crippen molar-refractivity contribution in [2.45, 2.75) is 25.7 Å². The second kappa shape index (κ2) is 5.58. The van der Waals surface area contributed by atoms with Crippen LogP contribution in [0.2, 0.25) is 0 Å². The van der Waals surface area contributed by atoms with E-state index in [9.17, 15) is 24.8 Å². The van der Waals surface area contributed by atoms with Gasteiger partial charge in [-0.05, 0) is 37.5 Å². The second-order valence-corrected chi connectivity index (χ2v) is 6.69. The number of nitrogens with zero attached hydrogens (tertiary/aromatic N) is 1. The summed E-state index contributed by atoms with van der Waals surface area (Å²) >= 11 is 1.36. The molecule has 1 atom stereocenters. The standard InChI is InChI=1S/C16H13NO5S/c1-8-13(11-6-7-12(16(19)20)15(11)23-8)14(18)9-2-4-10(5-3-9)17(21)22/h2-5,12H,6-7H2,1H3,(H,19,20). The molecule has 1 unspecified atom stereocenters. The van der Waals surface area contributed by atoms with E-state index in [0.29, 0.717) is 24.0 Å². The van der Waals surface area contributed by atoms with E-state index in [1.807, 2.05) is 0 Å². The molecule has 1 aliphatic carbocycles. The second-order valence-electron chi connectivity index (χ2n) is 5.44. The third-order valence-corrected chi connectivity index (χ3v) is 5.34. The minimum absolute atomic E-state index is 0.0697. The van der Waals surface area contributed by atoms with Gasteiger partial charge in [0, 0.05) is 33.0 Å². The highest BCUT2D eigenvalue weighted by Crippen LogP contribution is 2.43. The smallest absolute Gasteiger partial charge is 0.311 e. The molecule has 0 amide bonds. The van der Waals surface area contributed by atoms with Crippen LogP contribution in [0.3, 0.4) is 0 Å². The van der Waals surface area contributed by atoms with Crippen LogP contribution in [0.4, 0.5) is 5.69 Å². The van der Waals surface area contributed by atoms with Crippen LogP contribution in [0.25, 0.3) is 0 Å². The van der Waals surface area contributed by atoms with Gasteiger partial charge >= 0.3 is 5.97 Å². The first-order chi connectivity index (χ1) is 10.9. The SMILES string of the molecule is Cc1sc2c(c1C(=O)c1ccc([N+](=O)[O-])cc1)CCC2C(=O)O. The Morgan fingerprint density at radius 3 is 2.52 bits per heavy atom. The lowest BCUT2D eigenvalue weighted by molar-refractivity contribution is -0.384. The zero-order valence-electron chi connectivity index (χ0n) is 12.2. The lowest BCUT2D eigenvalue weighted by Crippen LogP contribution is -2.06. The number of nitro groups is 1. The van der Waals surface area contributed by atoms with Crippen molar-refractivity contribution < 1.29 is 19.6 Å². The van der Waals surface area contributed by atoms with Crippen LogP contribution in [0.1, 0.15) is 43.6 Å². The molecule has 6 nitrogen and oxygen atoms in total. The number of hydrogen-bond acceptors (Lipinski definition) is 5. The number of nitro benzene ring substituents is 1. The monoisotopic (exact) mass is 331 g/mol. The lowest BCUT2D eigenvalue weighted by Gasteiger charge is -2.03. The fourth-order valence-corrected chi connectivity index (χ4v) is 4.31. The molecule has 2 aromatic rings. The van der Waals surface area contributed by atoms with E-state index in [1.54, 1.807) is 6.92 Å². The van der Waals surface area contributed by atoms with Gasteiger partial charge in [-0.25, -0.2) is 0 Å². The maximum atomic E-state index is 12.7. The van der Waals surface area contributed by atoms with Crippen LogP contribution < -0.4 is 0 Å². The topological polar surface area (TPSA) is 97.5 Å². The van der Waals surface area contributed by atoms with Gasteiger partial charge in [0.1, 0.15) is 0 Å². The lowest BCUT2D eigenvalue weighted by atomic mass is 9.99. The van der Waals surface area contributed by atoms with Crippen molar-refractivity contribution in [2.24, 2.45) is 0 Å². The summed E-state index contributed by atoms with van der Waals surface area (Å²) in [5.74, 6) is -1.60. The molecule has 1 aromatic heterocycles. The number of carbonyl (C=O) groups excluding carboxylic acids is 1. The molecule has 1 aliphatic rings. The Kier molecular flexibility index (Phi) is 3.73. The Morgan fingerprint density at radius 1 is 1.30 bits per heavy atom. The van der Waals surface area contributed by atoms with Crippen molar-refractivity contribution in [3.8, 4) is 0 Å². The molecule has 0 bridgehead atoms. The molecule has 7 heteroatoms. The van der Waals surface area contributed by atoms with E-state index in [4.69, 9.17) is 0 Å². The van der Waals surface area contributed by atoms with Crippen molar-refractivity contribution in [3.63, 3.8) is 0 Å². The molecule has 118 valence electrons. The van der Waals surface area contributed by atoms with Crippen LogP contribution in [-0.4, -0.2) is 21.8 Å². The molecule has 0 radical (unpaired) electrons. The van der Waals surface area contributed by atoms with E-state index in [2.05, 4.69) is 0 Å². The summed E-state index contributed by atoms with van der Waals surface area (Å²) in [5, 5.41) is 19.9. The number of non-ortho nitro benzene ring substituents is 1. The highest BCUT2D eigenvalue weighted by molar-refractivity contribution is 7.12. The third-order valence-electron chi connectivity index (χ3n) is 4.08. The molecule has 1 heterocycles. The molecular weight excluding hydrogens is 318 g/mol. The Morgan fingerprint density at radius 2 is 1.96 bits per heavy atom. The van der Waals surface area contributed by atoms with Gasteiger partial charge in [0.25, 0.3) is 5.69 Å². The van der Waals surface area contributed by atoms with Gasteiger partial charge in [-0.1, -0.05) is 0 Å². The highest BCUT2D eigenvalue weighted by atomic mass is 32.1. The summed E-state index contributed by atoms with van der Waals surface area (Å²) in [6.07, 6.45) is 1.09. The van der Waals surface area contributed by atoms with Crippen molar-refractivity contribution in [1.29, 1.82) is 0 Å². The number of ketones is 1. The number of carboxylic acid groups (broad SMARTS) is 1. The number of rotatable bonds is 4. The fraction of sp³-hybridized carbons (Fsp3) is 0.250. The largest absolute Gasteiger partial charge is 0.481 e. The summed E-state index contributed by atoms with van der Waals surface area (Å²) in [6, 6.07) is 5.48. The van der Waals surface area contributed by atoms with E-state index in [1.165, 1.54) is 35.6 Å². The molecule has 0 aliphatic heterocycles. The first-order valence-electron chi connectivity index (χ1n) is 7.04. The third kappa shape index (κ3) is 2.53. The van der Waals surface area contributed by atoms with E-state index < -0.39 is 16.8 Å². The van der Waals surface area contributed by atoms with Gasteiger partial charge < -0.3 is 5.11 Å². The number of carboxylic acids is 1. The number of aryl methyl sites for hydroxylation is 1. The van der Waals surface area contributed by atoms with Gasteiger partial charge in [-0.2, -0.15) is 0 Å². The van der Waals surface area contributed by atoms with Crippen molar-refractivity contribution in [1.82, 2.24) is 0 Å². The van der Waals surface area contributed by atoms with E-state index in [-0.39, 0.29) is 11.5 Å². The van der Waals surface area contributed by atoms with Gasteiger partial charge in [-0.15, -0.1) is 11.3 Å². The Bertz CT molecular complexity index is 822. The first-order valence-corrected chi connectivity index (χ1v) is 7.86. The van der Waals surface area contributed by atoms with Crippen LogP contribution in [0, 0.1) is 17.0 Å². The quantitative estimate of drug-likeness (QED) is 0.526. The van der Waals surface area contributed by atoms with Gasteiger partial charge in [0.2, 0.25) is 0 Å². The summed E-state index contributed by atoms with van der Waals surface area (Å²) in [7, 11) is 0. The fourth-order valence-electron chi connectivity index (χ4n) is 2.97. The normalized spacial score (nSPS) is 16.1. The predicted molar refractivity (Wildman–Crippen MR) is 84.3 cm³/mol. The van der Waals surface area contributed by atoms with Crippen LogP contribution in [0.15, 0.2) is 24.3 Å². The maximum Gasteiger partial charge on any atom is 0.311 e. The van der Waals surface area contributed by atoms with Crippen molar-refractivity contribution >= 4 is 28.8 Å². The Labute approximate surface area is 135 Å². The molecule has 23 heavy (non-hydrogen) atoms. The van der Waals surface area contributed by atoms with Crippen LogP contribution >= 0.6 is 11.3 Å². The van der Waals surface area contributed by atoms with Gasteiger partial charge in [0.05, 0.1) is 10.8 Å². The minimum Gasteiger partial charge on any atom is -0.481 e. The molecule has 0 saturated heterocycles. The van der Waals surface area contributed by atoms with E-state index in [0.717, 1.165) is 15.3 Å². The average molecular weight is 331 g/mol. The number of carbonyl (C=O) groups is 2. The van der Waals surface area contributed by atoms with Crippen molar-refractivity contribution in [2.75, 3.05) is 0 Å². The molecule has 0 fully saturated rings. The Hall–Kier alpha value is -2.54. The number of benzene rings is 1. The Balaban J connectivity index is 1.99. The van der Waals surface area contributed by atoms with Gasteiger partial charge in [-0.3, -0.25) is 19.7 Å². The molecule has 1 N–H and O–H groups in total. The number of fused-ring (bicyclic) bond motifs is 1. The molecule has 1 aromatic carbocycles. The highest BCUT2D eigenvalue weighted by Gasteiger charge is 2.35. The zero-order valence-corrected chi connectivity index (χ0v) is 13.1. The predicted octanol–water partition coefficient (Wildman–Crippen LogP) is 3.31. The molecule has 0 spiro atoms.